The number of hydrogen-bond donors (Lipinski definition) is 2. The van der Waals surface area contributed by atoms with Crippen molar-refractivity contribution in [3.8, 4) is 5.75 Å². The van der Waals surface area contributed by atoms with Crippen molar-refractivity contribution in [2.75, 3.05) is 6.61 Å². The molecule has 1 aliphatic rings. The fourth-order valence-corrected chi connectivity index (χ4v) is 2.92. The number of nitrogens with two attached hydrogens (primary N) is 1. The summed E-state index contributed by atoms with van der Waals surface area (Å²) in [5, 5.41) is 3.49. The minimum absolute atomic E-state index is 0.125. The summed E-state index contributed by atoms with van der Waals surface area (Å²) in [6.45, 7) is 0.264. The second-order valence-electron chi connectivity index (χ2n) is 5.52. The molecule has 120 valence electrons. The summed E-state index contributed by atoms with van der Waals surface area (Å²) in [5.74, 6) is -0.0834. The molecule has 5 nitrogen and oxygen atoms in total. The summed E-state index contributed by atoms with van der Waals surface area (Å²) in [5.41, 5.74) is 5.40. The number of primary amides is 1. The highest BCUT2D eigenvalue weighted by Gasteiger charge is 2.30. The van der Waals surface area contributed by atoms with Crippen LogP contribution in [-0.4, -0.2) is 24.5 Å². The maximum Gasteiger partial charge on any atom is 0.223 e. The Morgan fingerprint density at radius 3 is 2.82 bits per heavy atom. The molecular formula is C16H21ClN2O3. The minimum Gasteiger partial charge on any atom is -0.493 e. The van der Waals surface area contributed by atoms with Gasteiger partial charge < -0.3 is 15.8 Å². The third kappa shape index (κ3) is 4.91. The van der Waals surface area contributed by atoms with Gasteiger partial charge >= 0.3 is 0 Å². The highest BCUT2D eigenvalue weighted by Crippen LogP contribution is 2.24. The van der Waals surface area contributed by atoms with Gasteiger partial charge in [-0.1, -0.05) is 30.5 Å². The molecular weight excluding hydrogens is 304 g/mol. The SMILES string of the molecule is NC(=O)[C@@H]1CCCC[C@@H]1NC(=O)CCOc1cccc(Cl)c1. The van der Waals surface area contributed by atoms with E-state index in [0.717, 1.165) is 25.7 Å². The van der Waals surface area contributed by atoms with E-state index in [1.54, 1.807) is 24.3 Å². The molecule has 0 bridgehead atoms. The summed E-state index contributed by atoms with van der Waals surface area (Å²) in [6, 6.07) is 6.88. The monoisotopic (exact) mass is 324 g/mol. The molecule has 0 saturated heterocycles. The number of nitrogens with one attached hydrogen (secondary N) is 1. The van der Waals surface area contributed by atoms with Crippen LogP contribution in [0.5, 0.6) is 5.75 Å². The number of carbonyl (C=O) groups excluding carboxylic acids is 2. The van der Waals surface area contributed by atoms with Gasteiger partial charge in [0, 0.05) is 11.1 Å². The van der Waals surface area contributed by atoms with Crippen LogP contribution in [0.3, 0.4) is 0 Å². The molecule has 2 rings (SSSR count). The van der Waals surface area contributed by atoms with E-state index in [1.807, 2.05) is 0 Å². The second kappa shape index (κ2) is 8.03. The zero-order chi connectivity index (χ0) is 15.9. The number of amides is 2. The van der Waals surface area contributed by atoms with E-state index in [0.29, 0.717) is 10.8 Å². The summed E-state index contributed by atoms with van der Waals surface area (Å²) in [4.78, 5) is 23.4. The number of halogens is 1. The lowest BCUT2D eigenvalue weighted by Crippen LogP contribution is -2.47. The lowest BCUT2D eigenvalue weighted by atomic mass is 9.84. The topological polar surface area (TPSA) is 81.4 Å². The molecule has 0 aliphatic heterocycles. The van der Waals surface area contributed by atoms with Gasteiger partial charge in [0.05, 0.1) is 18.9 Å². The van der Waals surface area contributed by atoms with E-state index in [2.05, 4.69) is 5.32 Å². The first-order valence-electron chi connectivity index (χ1n) is 7.53. The van der Waals surface area contributed by atoms with Gasteiger partial charge in [-0.05, 0) is 31.0 Å². The van der Waals surface area contributed by atoms with Crippen molar-refractivity contribution in [3.63, 3.8) is 0 Å². The summed E-state index contributed by atoms with van der Waals surface area (Å²) < 4.78 is 5.48. The van der Waals surface area contributed by atoms with Gasteiger partial charge in [0.25, 0.3) is 0 Å². The lowest BCUT2D eigenvalue weighted by Gasteiger charge is -2.29. The molecule has 2 atom stereocenters. The van der Waals surface area contributed by atoms with Crippen LogP contribution in [0.2, 0.25) is 5.02 Å². The molecule has 6 heteroatoms. The Morgan fingerprint density at radius 1 is 1.32 bits per heavy atom. The van der Waals surface area contributed by atoms with Crippen LogP contribution in [-0.2, 0) is 9.59 Å². The lowest BCUT2D eigenvalue weighted by molar-refractivity contribution is -0.126. The van der Waals surface area contributed by atoms with E-state index >= 15 is 0 Å². The minimum atomic E-state index is -0.333. The fourth-order valence-electron chi connectivity index (χ4n) is 2.74. The molecule has 0 radical (unpaired) electrons. The molecule has 0 heterocycles. The quantitative estimate of drug-likeness (QED) is 0.842. The molecule has 1 fully saturated rings. The highest BCUT2D eigenvalue weighted by atomic mass is 35.5. The Hall–Kier alpha value is -1.75. The molecule has 0 aromatic heterocycles. The Bertz CT molecular complexity index is 536. The Morgan fingerprint density at radius 2 is 2.09 bits per heavy atom. The number of carbonyl (C=O) groups is 2. The van der Waals surface area contributed by atoms with Crippen molar-refractivity contribution in [1.82, 2.24) is 5.32 Å². The van der Waals surface area contributed by atoms with Crippen molar-refractivity contribution in [3.05, 3.63) is 29.3 Å². The fraction of sp³-hybridized carbons (Fsp3) is 0.500. The van der Waals surface area contributed by atoms with Crippen LogP contribution < -0.4 is 15.8 Å². The molecule has 2 amide bonds. The van der Waals surface area contributed by atoms with Crippen molar-refractivity contribution < 1.29 is 14.3 Å². The Labute approximate surface area is 135 Å². The van der Waals surface area contributed by atoms with Gasteiger partial charge in [0.1, 0.15) is 5.75 Å². The van der Waals surface area contributed by atoms with Crippen LogP contribution in [0.1, 0.15) is 32.1 Å². The first-order valence-corrected chi connectivity index (χ1v) is 7.91. The number of rotatable bonds is 6. The van der Waals surface area contributed by atoms with Crippen LogP contribution >= 0.6 is 11.6 Å². The van der Waals surface area contributed by atoms with E-state index in [-0.39, 0.29) is 36.8 Å². The van der Waals surface area contributed by atoms with Gasteiger partial charge in [-0.25, -0.2) is 0 Å². The van der Waals surface area contributed by atoms with E-state index < -0.39 is 0 Å². The maximum atomic E-state index is 12.0. The predicted molar refractivity (Wildman–Crippen MR) is 84.6 cm³/mol. The van der Waals surface area contributed by atoms with Crippen molar-refractivity contribution in [1.29, 1.82) is 0 Å². The highest BCUT2D eigenvalue weighted by molar-refractivity contribution is 6.30. The number of hydrogen-bond acceptors (Lipinski definition) is 3. The zero-order valence-corrected chi connectivity index (χ0v) is 13.1. The zero-order valence-electron chi connectivity index (χ0n) is 12.4. The average molecular weight is 325 g/mol. The summed E-state index contributed by atoms with van der Waals surface area (Å²) in [7, 11) is 0. The van der Waals surface area contributed by atoms with Crippen LogP contribution in [0.25, 0.3) is 0 Å². The molecule has 22 heavy (non-hydrogen) atoms. The van der Waals surface area contributed by atoms with Gasteiger partial charge in [-0.3, -0.25) is 9.59 Å². The third-order valence-corrected chi connectivity index (χ3v) is 4.11. The normalized spacial score (nSPS) is 21.1. The molecule has 1 aromatic carbocycles. The first kappa shape index (κ1) is 16.6. The molecule has 1 aliphatic carbocycles. The third-order valence-electron chi connectivity index (χ3n) is 3.87. The number of benzene rings is 1. The average Bonchev–Trinajstić information content (AvgIpc) is 2.47. The predicted octanol–water partition coefficient (Wildman–Crippen LogP) is 2.27. The van der Waals surface area contributed by atoms with Crippen molar-refractivity contribution >= 4 is 23.4 Å². The molecule has 1 aromatic rings. The van der Waals surface area contributed by atoms with Crippen molar-refractivity contribution in [2.24, 2.45) is 11.7 Å². The van der Waals surface area contributed by atoms with E-state index in [4.69, 9.17) is 22.1 Å². The molecule has 3 N–H and O–H groups in total. The maximum absolute atomic E-state index is 12.0. The van der Waals surface area contributed by atoms with Crippen LogP contribution in [0.15, 0.2) is 24.3 Å². The van der Waals surface area contributed by atoms with Gasteiger partial charge in [-0.2, -0.15) is 0 Å². The van der Waals surface area contributed by atoms with Crippen LogP contribution in [0.4, 0.5) is 0 Å². The van der Waals surface area contributed by atoms with E-state index in [9.17, 15) is 9.59 Å². The van der Waals surface area contributed by atoms with Crippen molar-refractivity contribution in [2.45, 2.75) is 38.1 Å². The standard InChI is InChI=1S/C16H21ClN2O3/c17-11-4-3-5-12(10-11)22-9-8-15(20)19-14-7-2-1-6-13(14)16(18)21/h3-5,10,13-14H,1-2,6-9H2,(H2,18,21)(H,19,20)/t13-,14+/m1/s1. The first-order chi connectivity index (χ1) is 10.6. The Kier molecular flexibility index (Phi) is 6.07. The molecule has 1 saturated carbocycles. The van der Waals surface area contributed by atoms with Gasteiger partial charge in [0.15, 0.2) is 0 Å². The largest absolute Gasteiger partial charge is 0.493 e. The van der Waals surface area contributed by atoms with E-state index in [1.165, 1.54) is 0 Å². The van der Waals surface area contributed by atoms with Gasteiger partial charge in [0.2, 0.25) is 11.8 Å². The summed E-state index contributed by atoms with van der Waals surface area (Å²) in [6.07, 6.45) is 3.77. The molecule has 0 unspecified atom stereocenters. The van der Waals surface area contributed by atoms with Gasteiger partial charge in [-0.15, -0.1) is 0 Å². The number of ether oxygens (including phenoxy) is 1. The Balaban J connectivity index is 1.76. The van der Waals surface area contributed by atoms with Crippen LogP contribution in [0, 0.1) is 5.92 Å². The molecule has 0 spiro atoms. The summed E-state index contributed by atoms with van der Waals surface area (Å²) >= 11 is 5.86. The smallest absolute Gasteiger partial charge is 0.223 e. The second-order valence-corrected chi connectivity index (χ2v) is 5.96.